The van der Waals surface area contributed by atoms with Crippen LogP contribution in [0.4, 0.5) is 0 Å². The SMILES string of the molecule is C=C(/C=C\C=S)[P+](C)(c1ccccc1)c1ccccc1. The first-order chi connectivity index (χ1) is 9.69. The van der Waals surface area contributed by atoms with Gasteiger partial charge in [-0.25, -0.2) is 0 Å². The van der Waals surface area contributed by atoms with E-state index < -0.39 is 7.26 Å². The molecular formula is C18H18PS+. The quantitative estimate of drug-likeness (QED) is 0.342. The van der Waals surface area contributed by atoms with Crippen LogP contribution in [0.3, 0.4) is 0 Å². The van der Waals surface area contributed by atoms with Gasteiger partial charge in [-0.15, -0.1) is 0 Å². The first-order valence-corrected chi connectivity index (χ1v) is 9.19. The molecule has 0 aliphatic carbocycles. The molecule has 0 N–H and O–H groups in total. The maximum Gasteiger partial charge on any atom is 0.108 e. The first kappa shape index (κ1) is 14.8. The molecule has 0 atom stereocenters. The Balaban J connectivity index is 2.58. The summed E-state index contributed by atoms with van der Waals surface area (Å²) in [6, 6.07) is 21.2. The topological polar surface area (TPSA) is 0 Å². The van der Waals surface area contributed by atoms with Crippen molar-refractivity contribution in [1.82, 2.24) is 0 Å². The van der Waals surface area contributed by atoms with Crippen molar-refractivity contribution in [3.63, 3.8) is 0 Å². The number of hydrogen-bond donors (Lipinski definition) is 0. The Kier molecular flexibility index (Phi) is 5.00. The average molecular weight is 297 g/mol. The van der Waals surface area contributed by atoms with Crippen molar-refractivity contribution < 1.29 is 0 Å². The maximum absolute atomic E-state index is 4.89. The molecule has 0 aromatic heterocycles. The van der Waals surface area contributed by atoms with Crippen LogP contribution in [0, 0.1) is 0 Å². The van der Waals surface area contributed by atoms with Crippen molar-refractivity contribution in [3.8, 4) is 0 Å². The van der Waals surface area contributed by atoms with Crippen molar-refractivity contribution in [2.24, 2.45) is 0 Å². The molecular weight excluding hydrogens is 279 g/mol. The lowest BCUT2D eigenvalue weighted by molar-refractivity contribution is 1.72. The van der Waals surface area contributed by atoms with Crippen molar-refractivity contribution in [1.29, 1.82) is 0 Å². The van der Waals surface area contributed by atoms with Gasteiger partial charge in [-0.3, -0.25) is 0 Å². The second-order valence-corrected chi connectivity index (χ2v) is 8.56. The molecule has 0 unspecified atom stereocenters. The van der Waals surface area contributed by atoms with Crippen molar-refractivity contribution in [2.75, 3.05) is 6.66 Å². The Morgan fingerprint density at radius 3 is 1.80 bits per heavy atom. The van der Waals surface area contributed by atoms with Gasteiger partial charge in [0.2, 0.25) is 0 Å². The van der Waals surface area contributed by atoms with Gasteiger partial charge >= 0.3 is 0 Å². The van der Waals surface area contributed by atoms with Crippen LogP contribution < -0.4 is 10.6 Å². The summed E-state index contributed by atoms with van der Waals surface area (Å²) in [5.74, 6) is 0. The summed E-state index contributed by atoms with van der Waals surface area (Å²) < 4.78 is 0. The molecule has 2 rings (SSSR count). The summed E-state index contributed by atoms with van der Waals surface area (Å²) in [4.78, 5) is 0. The van der Waals surface area contributed by atoms with Gasteiger partial charge in [0.1, 0.15) is 17.9 Å². The molecule has 0 heterocycles. The molecule has 0 aliphatic heterocycles. The minimum absolute atomic E-state index is 1.14. The monoisotopic (exact) mass is 297 g/mol. The molecule has 2 aromatic carbocycles. The average Bonchev–Trinajstić information content (AvgIpc) is 2.53. The number of benzene rings is 2. The summed E-state index contributed by atoms with van der Waals surface area (Å²) in [5, 5.41) is 5.44. The maximum atomic E-state index is 4.89. The van der Waals surface area contributed by atoms with Gasteiger partial charge in [0.05, 0.1) is 12.0 Å². The molecule has 0 nitrogen and oxygen atoms in total. The highest BCUT2D eigenvalue weighted by Gasteiger charge is 2.39. The third-order valence-electron chi connectivity index (χ3n) is 3.49. The Morgan fingerprint density at radius 1 is 0.950 bits per heavy atom. The second-order valence-electron chi connectivity index (χ2n) is 4.66. The van der Waals surface area contributed by atoms with E-state index in [0.29, 0.717) is 0 Å². The van der Waals surface area contributed by atoms with E-state index in [2.05, 4.69) is 73.9 Å². The number of hydrogen-bond acceptors (Lipinski definition) is 1. The molecule has 0 spiro atoms. The van der Waals surface area contributed by atoms with Crippen LogP contribution in [0.25, 0.3) is 0 Å². The lowest BCUT2D eigenvalue weighted by Gasteiger charge is -2.23. The highest BCUT2D eigenvalue weighted by Crippen LogP contribution is 2.59. The summed E-state index contributed by atoms with van der Waals surface area (Å²) in [5.41, 5.74) is 0. The highest BCUT2D eigenvalue weighted by atomic mass is 32.1. The van der Waals surface area contributed by atoms with Gasteiger partial charge in [0.25, 0.3) is 0 Å². The van der Waals surface area contributed by atoms with Crippen molar-refractivity contribution >= 4 is 35.5 Å². The van der Waals surface area contributed by atoms with Gasteiger partial charge in [0, 0.05) is 5.37 Å². The fourth-order valence-electron chi connectivity index (χ4n) is 2.23. The lowest BCUT2D eigenvalue weighted by Crippen LogP contribution is -2.21. The Hall–Kier alpha value is -1.56. The molecule has 20 heavy (non-hydrogen) atoms. The molecule has 0 amide bonds. The number of thiocarbonyl (C=S) groups is 1. The zero-order valence-corrected chi connectivity index (χ0v) is 13.3. The summed E-state index contributed by atoms with van der Waals surface area (Å²) in [7, 11) is -1.64. The van der Waals surface area contributed by atoms with Crippen molar-refractivity contribution in [2.45, 2.75) is 0 Å². The lowest BCUT2D eigenvalue weighted by atomic mass is 10.4. The summed E-state index contributed by atoms with van der Waals surface area (Å²) in [6.45, 7) is 6.63. The molecule has 0 fully saturated rings. The molecule has 100 valence electrons. The normalized spacial score (nSPS) is 11.4. The molecule has 0 saturated carbocycles. The van der Waals surface area contributed by atoms with Crippen LogP contribution in [-0.4, -0.2) is 12.0 Å². The Bertz CT molecular complexity index is 575. The summed E-state index contributed by atoms with van der Waals surface area (Å²) >= 11 is 4.89. The van der Waals surface area contributed by atoms with E-state index in [0.717, 1.165) is 5.31 Å². The largest absolute Gasteiger partial charge is 0.108 e. The third-order valence-corrected chi connectivity index (χ3v) is 7.60. The van der Waals surface area contributed by atoms with Gasteiger partial charge in [-0.05, 0) is 36.4 Å². The van der Waals surface area contributed by atoms with Crippen molar-refractivity contribution in [3.05, 3.63) is 84.7 Å². The molecule has 0 saturated heterocycles. The van der Waals surface area contributed by atoms with Crippen LogP contribution in [0.5, 0.6) is 0 Å². The zero-order chi connectivity index (χ0) is 14.4. The Morgan fingerprint density at radius 2 is 1.40 bits per heavy atom. The van der Waals surface area contributed by atoms with E-state index in [1.165, 1.54) is 10.6 Å². The minimum Gasteiger partial charge on any atom is -0.0887 e. The van der Waals surface area contributed by atoms with E-state index in [1.54, 1.807) is 5.37 Å². The summed E-state index contributed by atoms with van der Waals surface area (Å²) in [6.07, 6.45) is 3.93. The molecule has 0 bridgehead atoms. The van der Waals surface area contributed by atoms with E-state index in [4.69, 9.17) is 12.2 Å². The van der Waals surface area contributed by atoms with E-state index in [-0.39, 0.29) is 0 Å². The van der Waals surface area contributed by atoms with Gasteiger partial charge in [0.15, 0.2) is 0 Å². The van der Waals surface area contributed by atoms with E-state index >= 15 is 0 Å². The van der Waals surface area contributed by atoms with Gasteiger partial charge in [-0.1, -0.05) is 55.2 Å². The first-order valence-electron chi connectivity index (χ1n) is 6.48. The zero-order valence-electron chi connectivity index (χ0n) is 11.6. The second kappa shape index (κ2) is 6.74. The predicted molar refractivity (Wildman–Crippen MR) is 96.9 cm³/mol. The smallest absolute Gasteiger partial charge is 0.0887 e. The molecule has 2 heteroatoms. The molecule has 0 aliphatic rings. The van der Waals surface area contributed by atoms with E-state index in [1.807, 2.05) is 12.2 Å². The van der Waals surface area contributed by atoms with Crippen LogP contribution in [0.2, 0.25) is 0 Å². The van der Waals surface area contributed by atoms with E-state index in [9.17, 15) is 0 Å². The molecule has 0 radical (unpaired) electrons. The molecule has 2 aromatic rings. The highest BCUT2D eigenvalue weighted by molar-refractivity contribution is 7.92. The fourth-order valence-corrected chi connectivity index (χ4v) is 5.19. The Labute approximate surface area is 127 Å². The standard InChI is InChI=1S/C18H18PS/c1-16(10-9-15-20)19(2,17-11-5-3-6-12-17)18-13-7-4-8-14-18/h3-15H,1H2,2H3/q+1/b10-9-. The number of rotatable bonds is 5. The minimum atomic E-state index is -1.64. The fraction of sp³-hybridized carbons (Fsp3) is 0.0556. The van der Waals surface area contributed by atoms with Crippen LogP contribution >= 0.6 is 19.5 Å². The van der Waals surface area contributed by atoms with Gasteiger partial charge < -0.3 is 0 Å². The predicted octanol–water partition coefficient (Wildman–Crippen LogP) is 4.35. The third kappa shape index (κ3) is 2.95. The number of allylic oxidation sites excluding steroid dienone is 3. The van der Waals surface area contributed by atoms with Crippen LogP contribution in [-0.2, 0) is 0 Å². The van der Waals surface area contributed by atoms with Gasteiger partial charge in [-0.2, -0.15) is 0 Å². The van der Waals surface area contributed by atoms with Crippen LogP contribution in [0.1, 0.15) is 0 Å². The van der Waals surface area contributed by atoms with Crippen LogP contribution in [0.15, 0.2) is 84.7 Å².